The molecule has 3 heteroatoms. The molecule has 0 saturated carbocycles. The SMILES string of the molecule is CC(C)C(N)=NCC(C)N(C)C. The van der Waals surface area contributed by atoms with Crippen molar-refractivity contribution in [3.63, 3.8) is 0 Å². The Morgan fingerprint density at radius 2 is 1.83 bits per heavy atom. The zero-order valence-electron chi connectivity index (χ0n) is 8.83. The van der Waals surface area contributed by atoms with Crippen LogP contribution >= 0.6 is 0 Å². The number of aliphatic imine (C=N–C) groups is 1. The van der Waals surface area contributed by atoms with Crippen molar-refractivity contribution in [2.45, 2.75) is 26.8 Å². The van der Waals surface area contributed by atoms with Crippen molar-refractivity contribution in [3.8, 4) is 0 Å². The lowest BCUT2D eigenvalue weighted by Gasteiger charge is -2.17. The molecule has 0 aliphatic carbocycles. The summed E-state index contributed by atoms with van der Waals surface area (Å²) in [6, 6.07) is 0.460. The molecule has 0 bridgehead atoms. The van der Waals surface area contributed by atoms with Gasteiger partial charge >= 0.3 is 0 Å². The molecule has 0 heterocycles. The minimum absolute atomic E-state index is 0.361. The van der Waals surface area contributed by atoms with Crippen LogP contribution in [0.5, 0.6) is 0 Å². The van der Waals surface area contributed by atoms with E-state index in [1.165, 1.54) is 0 Å². The largest absolute Gasteiger partial charge is 0.387 e. The molecule has 0 amide bonds. The number of nitrogens with two attached hydrogens (primary N) is 1. The lowest BCUT2D eigenvalue weighted by Crippen LogP contribution is -2.29. The first-order valence-electron chi connectivity index (χ1n) is 4.41. The quantitative estimate of drug-likeness (QED) is 0.505. The molecule has 0 aliphatic rings. The molecule has 3 nitrogen and oxygen atoms in total. The molecule has 0 spiro atoms. The first-order chi connectivity index (χ1) is 5.45. The van der Waals surface area contributed by atoms with Crippen molar-refractivity contribution < 1.29 is 0 Å². The van der Waals surface area contributed by atoms with E-state index in [4.69, 9.17) is 5.73 Å². The Kier molecular flexibility index (Phi) is 4.90. The minimum atomic E-state index is 0.361. The van der Waals surface area contributed by atoms with E-state index in [0.717, 1.165) is 12.4 Å². The van der Waals surface area contributed by atoms with E-state index in [0.29, 0.717) is 12.0 Å². The Morgan fingerprint density at radius 3 is 2.17 bits per heavy atom. The summed E-state index contributed by atoms with van der Waals surface area (Å²) in [5.41, 5.74) is 5.70. The Balaban J connectivity index is 3.87. The smallest absolute Gasteiger partial charge is 0.0963 e. The summed E-state index contributed by atoms with van der Waals surface area (Å²) in [5.74, 6) is 1.11. The van der Waals surface area contributed by atoms with Gasteiger partial charge in [-0.2, -0.15) is 0 Å². The van der Waals surface area contributed by atoms with Gasteiger partial charge in [-0.15, -0.1) is 0 Å². The van der Waals surface area contributed by atoms with E-state index in [-0.39, 0.29) is 0 Å². The van der Waals surface area contributed by atoms with Gasteiger partial charge in [0.25, 0.3) is 0 Å². The standard InChI is InChI=1S/C9H21N3/c1-7(2)9(10)11-6-8(3)12(4)5/h7-8H,6H2,1-5H3,(H2,10,11). The van der Waals surface area contributed by atoms with E-state index in [1.807, 2.05) is 14.1 Å². The Labute approximate surface area is 75.7 Å². The Morgan fingerprint density at radius 1 is 1.33 bits per heavy atom. The van der Waals surface area contributed by atoms with E-state index in [2.05, 4.69) is 30.7 Å². The van der Waals surface area contributed by atoms with Crippen molar-refractivity contribution in [2.24, 2.45) is 16.6 Å². The fraction of sp³-hybridized carbons (Fsp3) is 0.889. The van der Waals surface area contributed by atoms with Gasteiger partial charge in [0.1, 0.15) is 0 Å². The maximum atomic E-state index is 5.70. The summed E-state index contributed by atoms with van der Waals surface area (Å²) in [6.45, 7) is 7.03. The average molecular weight is 171 g/mol. The highest BCUT2D eigenvalue weighted by Gasteiger charge is 2.04. The van der Waals surface area contributed by atoms with Gasteiger partial charge < -0.3 is 10.6 Å². The van der Waals surface area contributed by atoms with Crippen LogP contribution in [0.25, 0.3) is 0 Å². The molecular weight excluding hydrogens is 150 g/mol. The molecule has 0 fully saturated rings. The van der Waals surface area contributed by atoms with Crippen LogP contribution in [0.3, 0.4) is 0 Å². The highest BCUT2D eigenvalue weighted by Crippen LogP contribution is 1.95. The highest BCUT2D eigenvalue weighted by molar-refractivity contribution is 5.82. The van der Waals surface area contributed by atoms with Gasteiger partial charge in [0.15, 0.2) is 0 Å². The van der Waals surface area contributed by atoms with Crippen molar-refractivity contribution in [2.75, 3.05) is 20.6 Å². The summed E-state index contributed by atoms with van der Waals surface area (Å²) in [7, 11) is 4.09. The third kappa shape index (κ3) is 4.34. The molecular formula is C9H21N3. The molecule has 0 rings (SSSR count). The molecule has 0 aromatic heterocycles. The Hall–Kier alpha value is -0.570. The van der Waals surface area contributed by atoms with Gasteiger partial charge in [0.2, 0.25) is 0 Å². The van der Waals surface area contributed by atoms with Gasteiger partial charge in [0, 0.05) is 12.0 Å². The monoisotopic (exact) mass is 171 g/mol. The first kappa shape index (κ1) is 11.4. The number of hydrogen-bond acceptors (Lipinski definition) is 2. The number of rotatable bonds is 4. The van der Waals surface area contributed by atoms with E-state index in [1.54, 1.807) is 0 Å². The predicted molar refractivity (Wildman–Crippen MR) is 54.5 cm³/mol. The highest BCUT2D eigenvalue weighted by atomic mass is 15.1. The van der Waals surface area contributed by atoms with Crippen LogP contribution in [0.15, 0.2) is 4.99 Å². The molecule has 72 valence electrons. The predicted octanol–water partition coefficient (Wildman–Crippen LogP) is 0.950. The molecule has 2 N–H and O–H groups in total. The van der Waals surface area contributed by atoms with Gasteiger partial charge in [-0.25, -0.2) is 0 Å². The summed E-state index contributed by atoms with van der Waals surface area (Å²) in [6.07, 6.45) is 0. The molecule has 0 saturated heterocycles. The van der Waals surface area contributed by atoms with Crippen LogP contribution < -0.4 is 5.73 Å². The fourth-order valence-electron chi connectivity index (χ4n) is 0.583. The van der Waals surface area contributed by atoms with Crippen molar-refractivity contribution in [1.82, 2.24) is 4.90 Å². The zero-order chi connectivity index (χ0) is 9.72. The lowest BCUT2D eigenvalue weighted by molar-refractivity contribution is 0.320. The second kappa shape index (κ2) is 5.14. The van der Waals surface area contributed by atoms with E-state index >= 15 is 0 Å². The molecule has 12 heavy (non-hydrogen) atoms. The van der Waals surface area contributed by atoms with E-state index in [9.17, 15) is 0 Å². The molecule has 0 radical (unpaired) electrons. The second-order valence-corrected chi connectivity index (χ2v) is 3.73. The van der Waals surface area contributed by atoms with Crippen molar-refractivity contribution in [3.05, 3.63) is 0 Å². The van der Waals surface area contributed by atoms with Gasteiger partial charge in [-0.1, -0.05) is 13.8 Å². The van der Waals surface area contributed by atoms with Gasteiger partial charge in [-0.05, 0) is 21.0 Å². The summed E-state index contributed by atoms with van der Waals surface area (Å²) in [4.78, 5) is 6.43. The minimum Gasteiger partial charge on any atom is -0.387 e. The summed E-state index contributed by atoms with van der Waals surface area (Å²) in [5, 5.41) is 0. The molecule has 0 aromatic carbocycles. The maximum absolute atomic E-state index is 5.70. The van der Waals surface area contributed by atoms with Crippen molar-refractivity contribution in [1.29, 1.82) is 0 Å². The molecule has 1 unspecified atom stereocenters. The summed E-state index contributed by atoms with van der Waals surface area (Å²) >= 11 is 0. The second-order valence-electron chi connectivity index (χ2n) is 3.73. The van der Waals surface area contributed by atoms with Gasteiger partial charge in [-0.3, -0.25) is 4.99 Å². The third-order valence-electron chi connectivity index (χ3n) is 2.01. The van der Waals surface area contributed by atoms with Crippen LogP contribution in [0, 0.1) is 5.92 Å². The number of amidine groups is 1. The maximum Gasteiger partial charge on any atom is 0.0963 e. The number of nitrogens with zero attached hydrogens (tertiary/aromatic N) is 2. The van der Waals surface area contributed by atoms with Crippen LogP contribution in [-0.4, -0.2) is 37.4 Å². The lowest BCUT2D eigenvalue weighted by atomic mass is 10.2. The van der Waals surface area contributed by atoms with Crippen LogP contribution in [0.4, 0.5) is 0 Å². The number of hydrogen-bond donors (Lipinski definition) is 1. The fourth-order valence-corrected chi connectivity index (χ4v) is 0.583. The summed E-state index contributed by atoms with van der Waals surface area (Å²) < 4.78 is 0. The van der Waals surface area contributed by atoms with Crippen LogP contribution in [-0.2, 0) is 0 Å². The topological polar surface area (TPSA) is 41.6 Å². The van der Waals surface area contributed by atoms with Crippen LogP contribution in [0.2, 0.25) is 0 Å². The molecule has 1 atom stereocenters. The number of likely N-dealkylation sites (N-methyl/N-ethyl adjacent to an activating group) is 1. The van der Waals surface area contributed by atoms with E-state index < -0.39 is 0 Å². The van der Waals surface area contributed by atoms with Gasteiger partial charge in [0.05, 0.1) is 12.4 Å². The Bertz CT molecular complexity index is 150. The van der Waals surface area contributed by atoms with Crippen LogP contribution in [0.1, 0.15) is 20.8 Å². The average Bonchev–Trinajstić information content (AvgIpc) is 1.98. The normalized spacial score (nSPS) is 15.8. The van der Waals surface area contributed by atoms with Crippen molar-refractivity contribution >= 4 is 5.84 Å². The first-order valence-corrected chi connectivity index (χ1v) is 4.41. The third-order valence-corrected chi connectivity index (χ3v) is 2.01. The zero-order valence-corrected chi connectivity index (χ0v) is 8.83. The molecule has 0 aromatic rings. The molecule has 0 aliphatic heterocycles.